The Balaban J connectivity index is 1.93. The molecule has 3 N–H and O–H groups in total. The van der Waals surface area contributed by atoms with Gasteiger partial charge in [-0.3, -0.25) is 4.79 Å². The number of nitrogens with one attached hydrogen (secondary N) is 3. The third kappa shape index (κ3) is 6.71. The standard InChI is InChI=1S/C22H30N4O3/c1-5-24-22(26-15-17-6-9-18(10-7-17)21(27)23-2)25-13-12-16-8-11-19(28-3)20(14-16)29-4/h6-11,14H,5,12-13,15H2,1-4H3,(H,23,27)(H2,24,25,26). The molecule has 0 saturated heterocycles. The monoisotopic (exact) mass is 398 g/mol. The highest BCUT2D eigenvalue weighted by Gasteiger charge is 2.05. The van der Waals surface area contributed by atoms with Gasteiger partial charge in [0.15, 0.2) is 17.5 Å². The zero-order chi connectivity index (χ0) is 21.1. The van der Waals surface area contributed by atoms with Crippen LogP contribution in [0.3, 0.4) is 0 Å². The van der Waals surface area contributed by atoms with Crippen LogP contribution in [0.15, 0.2) is 47.5 Å². The second kappa shape index (κ2) is 11.6. The third-order valence-electron chi connectivity index (χ3n) is 4.36. The van der Waals surface area contributed by atoms with Gasteiger partial charge in [0.25, 0.3) is 5.91 Å². The van der Waals surface area contributed by atoms with Gasteiger partial charge in [-0.05, 0) is 48.7 Å². The Morgan fingerprint density at radius 2 is 1.66 bits per heavy atom. The molecule has 0 atom stereocenters. The van der Waals surface area contributed by atoms with E-state index in [1.54, 1.807) is 33.4 Å². The van der Waals surface area contributed by atoms with Gasteiger partial charge in [-0.15, -0.1) is 0 Å². The fraction of sp³-hybridized carbons (Fsp3) is 0.364. The number of ether oxygens (including phenoxy) is 2. The van der Waals surface area contributed by atoms with Crippen molar-refractivity contribution < 1.29 is 14.3 Å². The van der Waals surface area contributed by atoms with Crippen LogP contribution in [0.25, 0.3) is 0 Å². The molecule has 0 radical (unpaired) electrons. The summed E-state index contributed by atoms with van der Waals surface area (Å²) in [6.07, 6.45) is 0.825. The number of hydrogen-bond acceptors (Lipinski definition) is 4. The number of nitrogens with zero attached hydrogens (tertiary/aromatic N) is 1. The maximum atomic E-state index is 11.6. The van der Waals surface area contributed by atoms with E-state index in [1.807, 2.05) is 37.3 Å². The minimum Gasteiger partial charge on any atom is -0.493 e. The van der Waals surface area contributed by atoms with Crippen LogP contribution in [0.4, 0.5) is 0 Å². The van der Waals surface area contributed by atoms with E-state index < -0.39 is 0 Å². The molecular weight excluding hydrogens is 368 g/mol. The number of amides is 1. The molecule has 0 spiro atoms. The Hall–Kier alpha value is -3.22. The third-order valence-corrected chi connectivity index (χ3v) is 4.36. The van der Waals surface area contributed by atoms with Gasteiger partial charge in [-0.1, -0.05) is 18.2 Å². The summed E-state index contributed by atoms with van der Waals surface area (Å²) in [4.78, 5) is 16.2. The quantitative estimate of drug-likeness (QED) is 0.446. The maximum absolute atomic E-state index is 11.6. The minimum absolute atomic E-state index is 0.0924. The van der Waals surface area contributed by atoms with Gasteiger partial charge in [0, 0.05) is 25.7 Å². The molecule has 0 bridgehead atoms. The molecular formula is C22H30N4O3. The van der Waals surface area contributed by atoms with Crippen LogP contribution in [0, 0.1) is 0 Å². The molecule has 0 heterocycles. The summed E-state index contributed by atoms with van der Waals surface area (Å²) in [6.45, 7) is 4.07. The Bertz CT molecular complexity index is 819. The van der Waals surface area contributed by atoms with Crippen LogP contribution in [0.1, 0.15) is 28.4 Å². The molecule has 2 aromatic rings. The molecule has 0 aliphatic heterocycles. The first-order valence-corrected chi connectivity index (χ1v) is 9.65. The number of guanidine groups is 1. The van der Waals surface area contributed by atoms with Gasteiger partial charge in [-0.25, -0.2) is 4.99 Å². The van der Waals surface area contributed by atoms with E-state index in [4.69, 9.17) is 9.47 Å². The molecule has 0 aliphatic carbocycles. The van der Waals surface area contributed by atoms with Gasteiger partial charge in [0.1, 0.15) is 0 Å². The molecule has 2 rings (SSSR count). The van der Waals surface area contributed by atoms with Crippen molar-refractivity contribution in [2.24, 2.45) is 4.99 Å². The van der Waals surface area contributed by atoms with Gasteiger partial charge < -0.3 is 25.4 Å². The summed E-state index contributed by atoms with van der Waals surface area (Å²) in [7, 11) is 4.89. The second-order valence-electron chi connectivity index (χ2n) is 6.34. The molecule has 0 aromatic heterocycles. The zero-order valence-corrected chi connectivity index (χ0v) is 17.5. The van der Waals surface area contributed by atoms with Crippen molar-refractivity contribution in [2.45, 2.75) is 19.9 Å². The molecule has 0 aliphatic rings. The molecule has 156 valence electrons. The van der Waals surface area contributed by atoms with Crippen molar-refractivity contribution in [1.82, 2.24) is 16.0 Å². The SMILES string of the molecule is CCNC(=NCc1ccc(C(=O)NC)cc1)NCCc1ccc(OC)c(OC)c1. The van der Waals surface area contributed by atoms with E-state index in [-0.39, 0.29) is 5.91 Å². The summed E-state index contributed by atoms with van der Waals surface area (Å²) in [5, 5.41) is 9.21. The highest BCUT2D eigenvalue weighted by Crippen LogP contribution is 2.27. The van der Waals surface area contributed by atoms with E-state index >= 15 is 0 Å². The molecule has 0 fully saturated rings. The van der Waals surface area contributed by atoms with E-state index in [0.717, 1.165) is 48.1 Å². The van der Waals surface area contributed by atoms with Crippen LogP contribution in [-0.2, 0) is 13.0 Å². The van der Waals surface area contributed by atoms with Crippen LogP contribution < -0.4 is 25.4 Å². The smallest absolute Gasteiger partial charge is 0.251 e. The van der Waals surface area contributed by atoms with Crippen molar-refractivity contribution in [1.29, 1.82) is 0 Å². The number of hydrogen-bond donors (Lipinski definition) is 3. The normalized spacial score (nSPS) is 11.0. The van der Waals surface area contributed by atoms with Crippen LogP contribution >= 0.6 is 0 Å². The first-order chi connectivity index (χ1) is 14.1. The van der Waals surface area contributed by atoms with Crippen molar-refractivity contribution >= 4 is 11.9 Å². The van der Waals surface area contributed by atoms with E-state index in [1.165, 1.54) is 0 Å². The van der Waals surface area contributed by atoms with Crippen molar-refractivity contribution in [3.63, 3.8) is 0 Å². The average molecular weight is 399 g/mol. The predicted molar refractivity (Wildman–Crippen MR) is 116 cm³/mol. The molecule has 7 nitrogen and oxygen atoms in total. The Labute approximate surface area is 172 Å². The highest BCUT2D eigenvalue weighted by atomic mass is 16.5. The van der Waals surface area contributed by atoms with Crippen molar-refractivity contribution in [3.05, 3.63) is 59.2 Å². The van der Waals surface area contributed by atoms with E-state index in [2.05, 4.69) is 20.9 Å². The fourth-order valence-corrected chi connectivity index (χ4v) is 2.78. The number of carbonyl (C=O) groups is 1. The Kier molecular flexibility index (Phi) is 8.82. The van der Waals surface area contributed by atoms with Crippen LogP contribution in [-0.4, -0.2) is 46.2 Å². The van der Waals surface area contributed by atoms with Crippen LogP contribution in [0.5, 0.6) is 11.5 Å². The number of carbonyl (C=O) groups excluding carboxylic acids is 1. The van der Waals surface area contributed by atoms with Crippen molar-refractivity contribution in [3.8, 4) is 11.5 Å². The van der Waals surface area contributed by atoms with Gasteiger partial charge in [0.05, 0.1) is 20.8 Å². The highest BCUT2D eigenvalue weighted by molar-refractivity contribution is 5.93. The lowest BCUT2D eigenvalue weighted by molar-refractivity contribution is 0.0963. The van der Waals surface area contributed by atoms with E-state index in [9.17, 15) is 4.79 Å². The molecule has 29 heavy (non-hydrogen) atoms. The van der Waals surface area contributed by atoms with E-state index in [0.29, 0.717) is 12.1 Å². The first kappa shape index (κ1) is 22.1. The number of rotatable bonds is 9. The number of benzene rings is 2. The first-order valence-electron chi connectivity index (χ1n) is 9.65. The van der Waals surface area contributed by atoms with Gasteiger partial charge in [0.2, 0.25) is 0 Å². The minimum atomic E-state index is -0.0924. The molecule has 1 amide bonds. The summed E-state index contributed by atoms with van der Waals surface area (Å²) < 4.78 is 10.6. The summed E-state index contributed by atoms with van der Waals surface area (Å²) in [5.74, 6) is 2.11. The topological polar surface area (TPSA) is 84.0 Å². The lowest BCUT2D eigenvalue weighted by Gasteiger charge is -2.13. The number of aliphatic imine (C=N–C) groups is 1. The summed E-state index contributed by atoms with van der Waals surface area (Å²) >= 11 is 0. The lowest BCUT2D eigenvalue weighted by atomic mass is 10.1. The molecule has 0 saturated carbocycles. The lowest BCUT2D eigenvalue weighted by Crippen LogP contribution is -2.38. The van der Waals surface area contributed by atoms with Gasteiger partial charge >= 0.3 is 0 Å². The Morgan fingerprint density at radius 3 is 2.28 bits per heavy atom. The average Bonchev–Trinajstić information content (AvgIpc) is 2.77. The zero-order valence-electron chi connectivity index (χ0n) is 17.5. The number of methoxy groups -OCH3 is 2. The summed E-state index contributed by atoms with van der Waals surface area (Å²) in [5.41, 5.74) is 2.82. The summed E-state index contributed by atoms with van der Waals surface area (Å²) in [6, 6.07) is 13.4. The molecule has 2 aromatic carbocycles. The van der Waals surface area contributed by atoms with Gasteiger partial charge in [-0.2, -0.15) is 0 Å². The predicted octanol–water partition coefficient (Wildman–Crippen LogP) is 2.36. The largest absolute Gasteiger partial charge is 0.493 e. The van der Waals surface area contributed by atoms with Crippen LogP contribution in [0.2, 0.25) is 0 Å². The molecule has 7 heteroatoms. The maximum Gasteiger partial charge on any atom is 0.251 e. The fourth-order valence-electron chi connectivity index (χ4n) is 2.78. The Morgan fingerprint density at radius 1 is 0.966 bits per heavy atom. The molecule has 0 unspecified atom stereocenters. The second-order valence-corrected chi connectivity index (χ2v) is 6.34. The van der Waals surface area contributed by atoms with Crippen molar-refractivity contribution in [2.75, 3.05) is 34.4 Å².